The van der Waals surface area contributed by atoms with E-state index in [-0.39, 0.29) is 17.0 Å². The summed E-state index contributed by atoms with van der Waals surface area (Å²) < 4.78 is 23.2. The van der Waals surface area contributed by atoms with Gasteiger partial charge in [-0.15, -0.1) is 0 Å². The molecule has 1 aromatic carbocycles. The number of ketones is 1. The first-order chi connectivity index (χ1) is 8.29. The van der Waals surface area contributed by atoms with E-state index in [0.29, 0.717) is 0 Å². The lowest BCUT2D eigenvalue weighted by atomic mass is 10.1. The summed E-state index contributed by atoms with van der Waals surface area (Å²) in [5.74, 6) is -0.769. The second-order valence-electron chi connectivity index (χ2n) is 3.77. The van der Waals surface area contributed by atoms with Gasteiger partial charge in [-0.3, -0.25) is 14.9 Å². The molecular formula is C11H13NO5S. The molecule has 0 heterocycles. The standard InChI is InChI=1S/C11H13NO5S/c1-3-18(16,17)8(2)11(13)9-5-4-6-10(7-9)12(14)15/h4-8H,3H2,1-2H3/t8-/m1/s1. The number of benzene rings is 1. The summed E-state index contributed by atoms with van der Waals surface area (Å²) in [6.45, 7) is 2.74. The van der Waals surface area contributed by atoms with Crippen molar-refractivity contribution in [3.05, 3.63) is 39.9 Å². The van der Waals surface area contributed by atoms with Crippen molar-refractivity contribution in [2.75, 3.05) is 5.75 Å². The molecule has 0 N–H and O–H groups in total. The van der Waals surface area contributed by atoms with Gasteiger partial charge in [0.15, 0.2) is 15.6 Å². The third-order valence-corrected chi connectivity index (χ3v) is 4.75. The van der Waals surface area contributed by atoms with Crippen molar-refractivity contribution in [3.8, 4) is 0 Å². The van der Waals surface area contributed by atoms with Gasteiger partial charge in [0.25, 0.3) is 5.69 Å². The largest absolute Gasteiger partial charge is 0.293 e. The van der Waals surface area contributed by atoms with Crippen LogP contribution >= 0.6 is 0 Å². The summed E-state index contributed by atoms with van der Waals surface area (Å²) in [7, 11) is -3.50. The summed E-state index contributed by atoms with van der Waals surface area (Å²) in [6, 6.07) is 5.06. The minimum Gasteiger partial charge on any atom is -0.293 e. The van der Waals surface area contributed by atoms with Crippen molar-refractivity contribution >= 4 is 21.3 Å². The molecule has 0 aliphatic rings. The molecule has 0 unspecified atom stereocenters. The van der Waals surface area contributed by atoms with E-state index in [1.54, 1.807) is 0 Å². The topological polar surface area (TPSA) is 94.3 Å². The van der Waals surface area contributed by atoms with Gasteiger partial charge in [-0.2, -0.15) is 0 Å². The molecule has 1 aromatic rings. The highest BCUT2D eigenvalue weighted by Gasteiger charge is 2.27. The first-order valence-corrected chi connectivity index (χ1v) is 7.01. The Labute approximate surface area is 105 Å². The first kappa shape index (κ1) is 14.3. The van der Waals surface area contributed by atoms with Gasteiger partial charge < -0.3 is 0 Å². The van der Waals surface area contributed by atoms with E-state index in [1.165, 1.54) is 32.0 Å². The summed E-state index contributed by atoms with van der Waals surface area (Å²) >= 11 is 0. The zero-order chi connectivity index (χ0) is 13.9. The van der Waals surface area contributed by atoms with E-state index < -0.39 is 25.8 Å². The fourth-order valence-electron chi connectivity index (χ4n) is 1.42. The highest BCUT2D eigenvalue weighted by atomic mass is 32.2. The first-order valence-electron chi connectivity index (χ1n) is 5.30. The van der Waals surface area contributed by atoms with E-state index in [0.717, 1.165) is 6.07 Å². The van der Waals surface area contributed by atoms with Crippen LogP contribution in [0.1, 0.15) is 24.2 Å². The number of sulfone groups is 1. The second kappa shape index (κ2) is 5.26. The highest BCUT2D eigenvalue weighted by Crippen LogP contribution is 2.17. The van der Waals surface area contributed by atoms with Crippen molar-refractivity contribution < 1.29 is 18.1 Å². The van der Waals surface area contributed by atoms with Gasteiger partial charge in [0.05, 0.1) is 4.92 Å². The van der Waals surface area contributed by atoms with E-state index in [4.69, 9.17) is 0 Å². The second-order valence-corrected chi connectivity index (χ2v) is 6.38. The number of carbonyl (C=O) groups is 1. The number of Topliss-reactive ketones (excluding diaryl/α,β-unsaturated/α-hetero) is 1. The van der Waals surface area contributed by atoms with Crippen LogP contribution in [0.15, 0.2) is 24.3 Å². The minimum atomic E-state index is -3.50. The average molecular weight is 271 g/mol. The Morgan fingerprint density at radius 1 is 1.44 bits per heavy atom. The molecule has 0 amide bonds. The summed E-state index contributed by atoms with van der Waals surface area (Å²) in [5, 5.41) is 9.38. The van der Waals surface area contributed by atoms with Crippen LogP contribution in [0.3, 0.4) is 0 Å². The molecule has 1 rings (SSSR count). The van der Waals surface area contributed by atoms with Crippen LogP contribution in [-0.2, 0) is 9.84 Å². The Balaban J connectivity index is 3.12. The Morgan fingerprint density at radius 3 is 2.56 bits per heavy atom. The van der Waals surface area contributed by atoms with Crippen molar-refractivity contribution in [1.29, 1.82) is 0 Å². The quantitative estimate of drug-likeness (QED) is 0.460. The van der Waals surface area contributed by atoms with Crippen molar-refractivity contribution in [2.24, 2.45) is 0 Å². The minimum absolute atomic E-state index is 0.0359. The SMILES string of the molecule is CCS(=O)(=O)[C@H](C)C(=O)c1cccc([N+](=O)[O-])c1. The van der Waals surface area contributed by atoms with E-state index in [2.05, 4.69) is 0 Å². The van der Waals surface area contributed by atoms with Gasteiger partial charge in [-0.25, -0.2) is 8.42 Å². The van der Waals surface area contributed by atoms with Gasteiger partial charge in [0.2, 0.25) is 0 Å². The highest BCUT2D eigenvalue weighted by molar-refractivity contribution is 7.92. The average Bonchev–Trinajstić information content (AvgIpc) is 2.37. The van der Waals surface area contributed by atoms with Gasteiger partial charge >= 0.3 is 0 Å². The number of non-ortho nitro benzene ring substituents is 1. The maximum Gasteiger partial charge on any atom is 0.270 e. The smallest absolute Gasteiger partial charge is 0.270 e. The number of nitrogens with zero attached hydrogens (tertiary/aromatic N) is 1. The molecule has 0 bridgehead atoms. The zero-order valence-corrected chi connectivity index (χ0v) is 10.8. The van der Waals surface area contributed by atoms with Crippen LogP contribution in [0.4, 0.5) is 5.69 Å². The Hall–Kier alpha value is -1.76. The Kier molecular flexibility index (Phi) is 4.18. The molecule has 0 radical (unpaired) electrons. The van der Waals surface area contributed by atoms with Crippen molar-refractivity contribution in [3.63, 3.8) is 0 Å². The molecule has 0 aliphatic heterocycles. The molecule has 0 aromatic heterocycles. The predicted octanol–water partition coefficient (Wildman–Crippen LogP) is 1.60. The van der Waals surface area contributed by atoms with Crippen LogP contribution < -0.4 is 0 Å². The zero-order valence-electron chi connectivity index (χ0n) is 9.99. The van der Waals surface area contributed by atoms with Gasteiger partial charge in [-0.1, -0.05) is 19.1 Å². The fraction of sp³-hybridized carbons (Fsp3) is 0.364. The number of nitro groups is 1. The van der Waals surface area contributed by atoms with Gasteiger partial charge in [0, 0.05) is 23.4 Å². The molecule has 0 fully saturated rings. The monoisotopic (exact) mass is 271 g/mol. The summed E-state index contributed by atoms with van der Waals surface area (Å²) in [5.41, 5.74) is -0.198. The van der Waals surface area contributed by atoms with E-state index in [1.807, 2.05) is 0 Å². The molecule has 7 heteroatoms. The van der Waals surface area contributed by atoms with E-state index in [9.17, 15) is 23.3 Å². The molecule has 1 atom stereocenters. The maximum absolute atomic E-state index is 11.9. The van der Waals surface area contributed by atoms with Gasteiger partial charge in [0.1, 0.15) is 5.25 Å². The molecule has 0 saturated carbocycles. The molecule has 98 valence electrons. The molecular weight excluding hydrogens is 258 g/mol. The maximum atomic E-state index is 11.9. The molecule has 18 heavy (non-hydrogen) atoms. The fourth-order valence-corrected chi connectivity index (χ4v) is 2.38. The van der Waals surface area contributed by atoms with Crippen LogP contribution in [0, 0.1) is 10.1 Å². The van der Waals surface area contributed by atoms with Crippen LogP contribution in [-0.4, -0.2) is 30.1 Å². The lowest BCUT2D eigenvalue weighted by Gasteiger charge is -2.10. The van der Waals surface area contributed by atoms with Crippen molar-refractivity contribution in [1.82, 2.24) is 0 Å². The lowest BCUT2D eigenvalue weighted by Crippen LogP contribution is -2.28. The molecule has 0 spiro atoms. The number of hydrogen-bond acceptors (Lipinski definition) is 5. The Morgan fingerprint density at radius 2 is 2.06 bits per heavy atom. The summed E-state index contributed by atoms with van der Waals surface area (Å²) in [4.78, 5) is 21.9. The van der Waals surface area contributed by atoms with Crippen molar-refractivity contribution in [2.45, 2.75) is 19.1 Å². The molecule has 6 nitrogen and oxygen atoms in total. The number of hydrogen-bond donors (Lipinski definition) is 0. The molecule has 0 saturated heterocycles. The molecule has 0 aliphatic carbocycles. The van der Waals surface area contributed by atoms with Gasteiger partial charge in [-0.05, 0) is 6.92 Å². The Bertz CT molecular complexity index is 579. The van der Waals surface area contributed by atoms with E-state index >= 15 is 0 Å². The van der Waals surface area contributed by atoms with Crippen LogP contribution in [0.5, 0.6) is 0 Å². The summed E-state index contributed by atoms with van der Waals surface area (Å²) in [6.07, 6.45) is 0. The predicted molar refractivity (Wildman–Crippen MR) is 66.3 cm³/mol. The third-order valence-electron chi connectivity index (χ3n) is 2.65. The lowest BCUT2D eigenvalue weighted by molar-refractivity contribution is -0.384. The normalized spacial score (nSPS) is 13.0. The number of nitro benzene ring substituents is 1. The number of carbonyl (C=O) groups excluding carboxylic acids is 1. The third kappa shape index (κ3) is 2.92. The van der Waals surface area contributed by atoms with Crippen LogP contribution in [0.2, 0.25) is 0 Å². The number of rotatable bonds is 5. The van der Waals surface area contributed by atoms with Crippen LogP contribution in [0.25, 0.3) is 0 Å².